The van der Waals surface area contributed by atoms with Gasteiger partial charge in [-0.1, -0.05) is 11.6 Å². The molecule has 0 aromatic heterocycles. The van der Waals surface area contributed by atoms with Gasteiger partial charge in [-0.15, -0.1) is 0 Å². The number of hydrogen-bond donors (Lipinski definition) is 0. The van der Waals surface area contributed by atoms with Crippen LogP contribution in [-0.4, -0.2) is 18.1 Å². The first kappa shape index (κ1) is 11.3. The first-order valence-corrected chi connectivity index (χ1v) is 5.13. The predicted molar refractivity (Wildman–Crippen MR) is 57.4 cm³/mol. The van der Waals surface area contributed by atoms with E-state index in [1.165, 1.54) is 12.1 Å². The highest BCUT2D eigenvalue weighted by Gasteiger charge is 2.34. The second-order valence-corrected chi connectivity index (χ2v) is 3.97. The minimum Gasteiger partial charge on any atom is -0.344 e. The Kier molecular flexibility index (Phi) is 2.84. The Labute approximate surface area is 97.1 Å². The van der Waals surface area contributed by atoms with Gasteiger partial charge in [0, 0.05) is 11.6 Å². The van der Waals surface area contributed by atoms with E-state index in [0.717, 1.165) is 0 Å². The molecule has 0 bridgehead atoms. The Morgan fingerprint density at radius 3 is 2.56 bits per heavy atom. The Morgan fingerprint density at radius 2 is 2.06 bits per heavy atom. The SMILES string of the molecule is CC1(c2ccc([N+](=O)[O-])c(Cl)c2)OCCO1. The van der Waals surface area contributed by atoms with Crippen LogP contribution in [0.25, 0.3) is 0 Å². The number of nitro groups is 1. The van der Waals surface area contributed by atoms with Gasteiger partial charge >= 0.3 is 0 Å². The third-order valence-corrected chi connectivity index (χ3v) is 2.81. The van der Waals surface area contributed by atoms with Crippen LogP contribution in [0.3, 0.4) is 0 Å². The van der Waals surface area contributed by atoms with Crippen LogP contribution < -0.4 is 0 Å². The Bertz CT molecular complexity index is 429. The molecule has 1 aromatic rings. The van der Waals surface area contributed by atoms with Crippen LogP contribution in [0.15, 0.2) is 18.2 Å². The lowest BCUT2D eigenvalue weighted by atomic mass is 10.1. The maximum Gasteiger partial charge on any atom is 0.287 e. The molecule has 1 heterocycles. The lowest BCUT2D eigenvalue weighted by Crippen LogP contribution is -2.22. The minimum atomic E-state index is -0.848. The zero-order valence-electron chi connectivity index (χ0n) is 8.60. The highest BCUT2D eigenvalue weighted by atomic mass is 35.5. The van der Waals surface area contributed by atoms with Crippen molar-refractivity contribution >= 4 is 17.3 Å². The van der Waals surface area contributed by atoms with Crippen molar-refractivity contribution < 1.29 is 14.4 Å². The molecule has 1 aromatic carbocycles. The zero-order chi connectivity index (χ0) is 11.8. The summed E-state index contributed by atoms with van der Waals surface area (Å²) < 4.78 is 10.9. The van der Waals surface area contributed by atoms with Gasteiger partial charge in [0.2, 0.25) is 0 Å². The van der Waals surface area contributed by atoms with Gasteiger partial charge < -0.3 is 9.47 Å². The average molecular weight is 244 g/mol. The molecule has 1 saturated heterocycles. The number of rotatable bonds is 2. The average Bonchev–Trinajstić information content (AvgIpc) is 2.66. The van der Waals surface area contributed by atoms with Crippen LogP contribution in [0.2, 0.25) is 5.02 Å². The summed E-state index contributed by atoms with van der Waals surface area (Å²) >= 11 is 5.81. The fourth-order valence-corrected chi connectivity index (χ4v) is 1.87. The van der Waals surface area contributed by atoms with Crippen molar-refractivity contribution in [1.82, 2.24) is 0 Å². The van der Waals surface area contributed by atoms with E-state index in [1.807, 2.05) is 0 Å². The second-order valence-electron chi connectivity index (χ2n) is 3.57. The van der Waals surface area contributed by atoms with Gasteiger partial charge in [-0.2, -0.15) is 0 Å². The predicted octanol–water partition coefficient (Wildman–Crippen LogP) is 2.47. The van der Waals surface area contributed by atoms with Gasteiger partial charge in [-0.25, -0.2) is 0 Å². The van der Waals surface area contributed by atoms with Crippen molar-refractivity contribution in [2.45, 2.75) is 12.7 Å². The van der Waals surface area contributed by atoms with Crippen LogP contribution in [0.4, 0.5) is 5.69 Å². The van der Waals surface area contributed by atoms with E-state index in [2.05, 4.69) is 0 Å². The van der Waals surface area contributed by atoms with Crippen molar-refractivity contribution in [3.63, 3.8) is 0 Å². The van der Waals surface area contributed by atoms with Crippen molar-refractivity contribution in [3.8, 4) is 0 Å². The first-order valence-electron chi connectivity index (χ1n) is 4.75. The molecule has 0 atom stereocenters. The van der Waals surface area contributed by atoms with Gasteiger partial charge in [0.05, 0.1) is 18.1 Å². The van der Waals surface area contributed by atoms with Crippen LogP contribution >= 0.6 is 11.6 Å². The van der Waals surface area contributed by atoms with E-state index in [-0.39, 0.29) is 10.7 Å². The van der Waals surface area contributed by atoms with Gasteiger partial charge in [0.25, 0.3) is 5.69 Å². The van der Waals surface area contributed by atoms with E-state index >= 15 is 0 Å². The van der Waals surface area contributed by atoms with E-state index in [4.69, 9.17) is 21.1 Å². The maximum atomic E-state index is 10.6. The number of benzene rings is 1. The summed E-state index contributed by atoms with van der Waals surface area (Å²) in [6.45, 7) is 2.77. The first-order chi connectivity index (χ1) is 7.53. The van der Waals surface area contributed by atoms with E-state index < -0.39 is 10.7 Å². The van der Waals surface area contributed by atoms with Crippen molar-refractivity contribution in [2.75, 3.05) is 13.2 Å². The summed E-state index contributed by atoms with van der Waals surface area (Å²) in [5, 5.41) is 10.7. The topological polar surface area (TPSA) is 61.6 Å². The summed E-state index contributed by atoms with van der Waals surface area (Å²) in [6.07, 6.45) is 0. The van der Waals surface area contributed by atoms with Gasteiger partial charge in [-0.3, -0.25) is 10.1 Å². The Morgan fingerprint density at radius 1 is 1.44 bits per heavy atom. The molecular formula is C10H10ClNO4. The van der Waals surface area contributed by atoms with Crippen molar-refractivity contribution in [1.29, 1.82) is 0 Å². The quantitative estimate of drug-likeness (QED) is 0.591. The fraction of sp³-hybridized carbons (Fsp3) is 0.400. The van der Waals surface area contributed by atoms with Crippen LogP contribution in [0.5, 0.6) is 0 Å². The second kappa shape index (κ2) is 4.01. The van der Waals surface area contributed by atoms with Crippen LogP contribution in [-0.2, 0) is 15.3 Å². The summed E-state index contributed by atoms with van der Waals surface area (Å²) in [6, 6.07) is 4.45. The Balaban J connectivity index is 2.37. The molecule has 0 spiro atoms. The highest BCUT2D eigenvalue weighted by molar-refractivity contribution is 6.32. The van der Waals surface area contributed by atoms with Crippen LogP contribution in [0, 0.1) is 10.1 Å². The number of ether oxygens (including phenoxy) is 2. The number of nitro benzene ring substituents is 1. The summed E-state index contributed by atoms with van der Waals surface area (Å²) in [5.74, 6) is -0.848. The molecular weight excluding hydrogens is 234 g/mol. The fourth-order valence-electron chi connectivity index (χ4n) is 1.62. The molecule has 1 aliphatic heterocycles. The normalized spacial score (nSPS) is 18.6. The molecule has 1 aliphatic rings. The van der Waals surface area contributed by atoms with Crippen molar-refractivity contribution in [2.24, 2.45) is 0 Å². The molecule has 0 saturated carbocycles. The minimum absolute atomic E-state index is 0.0859. The summed E-state index contributed by atoms with van der Waals surface area (Å²) in [7, 11) is 0. The highest BCUT2D eigenvalue weighted by Crippen LogP contribution is 2.35. The standard InChI is InChI=1S/C10H10ClNO4/c1-10(15-4-5-16-10)7-2-3-9(12(13)14)8(11)6-7/h2-3,6H,4-5H2,1H3. The maximum absolute atomic E-state index is 10.6. The molecule has 2 rings (SSSR count). The molecule has 16 heavy (non-hydrogen) atoms. The van der Waals surface area contributed by atoms with Crippen LogP contribution in [0.1, 0.15) is 12.5 Å². The largest absolute Gasteiger partial charge is 0.344 e. The molecule has 86 valence electrons. The number of nitrogens with zero attached hydrogens (tertiary/aromatic N) is 1. The Hall–Kier alpha value is -1.17. The van der Waals surface area contributed by atoms with E-state index in [9.17, 15) is 10.1 Å². The van der Waals surface area contributed by atoms with Crippen molar-refractivity contribution in [3.05, 3.63) is 38.9 Å². The zero-order valence-corrected chi connectivity index (χ0v) is 9.36. The molecule has 0 unspecified atom stereocenters. The number of hydrogen-bond acceptors (Lipinski definition) is 4. The third kappa shape index (κ3) is 1.89. The summed E-state index contributed by atoms with van der Waals surface area (Å²) in [4.78, 5) is 10.1. The monoisotopic (exact) mass is 243 g/mol. The van der Waals surface area contributed by atoms with Gasteiger partial charge in [-0.05, 0) is 19.1 Å². The van der Waals surface area contributed by atoms with E-state index in [0.29, 0.717) is 18.8 Å². The smallest absolute Gasteiger partial charge is 0.287 e. The molecule has 0 N–H and O–H groups in total. The molecule has 1 fully saturated rings. The third-order valence-electron chi connectivity index (χ3n) is 2.51. The lowest BCUT2D eigenvalue weighted by molar-refractivity contribution is -0.384. The molecule has 6 heteroatoms. The number of halogens is 1. The summed E-state index contributed by atoms with van der Waals surface area (Å²) in [5.41, 5.74) is 0.563. The molecule has 0 aliphatic carbocycles. The van der Waals surface area contributed by atoms with E-state index in [1.54, 1.807) is 13.0 Å². The molecule has 0 amide bonds. The lowest BCUT2D eigenvalue weighted by Gasteiger charge is -2.22. The van der Waals surface area contributed by atoms with Gasteiger partial charge in [0.15, 0.2) is 5.79 Å². The molecule has 5 nitrogen and oxygen atoms in total. The van der Waals surface area contributed by atoms with Gasteiger partial charge in [0.1, 0.15) is 5.02 Å². The molecule has 0 radical (unpaired) electrons.